The van der Waals surface area contributed by atoms with Crippen LogP contribution in [0.25, 0.3) is 5.82 Å². The van der Waals surface area contributed by atoms with Crippen molar-refractivity contribution in [1.29, 1.82) is 0 Å². The zero-order valence-corrected chi connectivity index (χ0v) is 12.6. The zero-order chi connectivity index (χ0) is 17.8. The summed E-state index contributed by atoms with van der Waals surface area (Å²) in [5.41, 5.74) is -0.355. The van der Waals surface area contributed by atoms with Crippen molar-refractivity contribution in [3.05, 3.63) is 63.1 Å². The average molecular weight is 345 g/mol. The van der Waals surface area contributed by atoms with E-state index < -0.39 is 16.7 Å². The number of rotatable bonds is 6. The van der Waals surface area contributed by atoms with E-state index in [1.807, 2.05) is 0 Å². The fraction of sp³-hybridized carbons (Fsp3) is 0.154. The molecule has 0 spiro atoms. The summed E-state index contributed by atoms with van der Waals surface area (Å²) < 4.78 is 7.33. The van der Waals surface area contributed by atoms with E-state index in [1.54, 1.807) is 0 Å². The number of aromatic nitrogens is 5. The van der Waals surface area contributed by atoms with Crippen LogP contribution < -0.4 is 10.9 Å². The van der Waals surface area contributed by atoms with Crippen molar-refractivity contribution in [2.45, 2.75) is 6.54 Å². The number of amides is 1. The molecular weight excluding hydrogens is 334 g/mol. The van der Waals surface area contributed by atoms with Gasteiger partial charge in [-0.05, 0) is 12.1 Å². The van der Waals surface area contributed by atoms with Gasteiger partial charge in [-0.25, -0.2) is 14.3 Å². The summed E-state index contributed by atoms with van der Waals surface area (Å²) >= 11 is 0. The van der Waals surface area contributed by atoms with Crippen LogP contribution in [-0.2, 0) is 6.54 Å². The zero-order valence-electron chi connectivity index (χ0n) is 12.6. The molecule has 0 bridgehead atoms. The Balaban J connectivity index is 1.63. The molecule has 0 radical (unpaired) electrons. The first-order valence-corrected chi connectivity index (χ1v) is 7.00. The fourth-order valence-corrected chi connectivity index (χ4v) is 1.96. The van der Waals surface area contributed by atoms with E-state index in [2.05, 4.69) is 20.5 Å². The second-order valence-electron chi connectivity index (χ2n) is 4.74. The molecule has 3 aromatic heterocycles. The molecule has 12 nitrogen and oxygen atoms in total. The van der Waals surface area contributed by atoms with Gasteiger partial charge in [0.1, 0.15) is 17.6 Å². The van der Waals surface area contributed by atoms with Crippen LogP contribution in [0.15, 0.2) is 46.1 Å². The standard InChI is InChI=1S/C13H11N7O5/c21-11-3-2-10(19-8-14-7-16-19)17-18(11)6-5-15-13(22)9-1-4-12(25-9)20(23)24/h1-4,7-8H,5-6H2,(H,15,22). The maximum absolute atomic E-state index is 11.9. The van der Waals surface area contributed by atoms with E-state index >= 15 is 0 Å². The molecule has 25 heavy (non-hydrogen) atoms. The summed E-state index contributed by atoms with van der Waals surface area (Å²) in [7, 11) is 0. The first kappa shape index (κ1) is 16.0. The van der Waals surface area contributed by atoms with Crippen LogP contribution in [0.3, 0.4) is 0 Å². The molecule has 0 saturated heterocycles. The minimum atomic E-state index is -0.740. The Bertz CT molecular complexity index is 959. The number of carbonyl (C=O) groups is 1. The van der Waals surface area contributed by atoms with Crippen LogP contribution in [-0.4, -0.2) is 41.9 Å². The van der Waals surface area contributed by atoms with Crippen molar-refractivity contribution in [2.24, 2.45) is 0 Å². The molecular formula is C13H11N7O5. The van der Waals surface area contributed by atoms with Gasteiger partial charge in [0.2, 0.25) is 0 Å². The number of hydrogen-bond acceptors (Lipinski definition) is 8. The fourth-order valence-electron chi connectivity index (χ4n) is 1.96. The molecule has 0 unspecified atom stereocenters. The summed E-state index contributed by atoms with van der Waals surface area (Å²) in [6.45, 7) is 0.164. The van der Waals surface area contributed by atoms with Crippen LogP contribution in [0.4, 0.5) is 5.88 Å². The topological polar surface area (TPSA) is 151 Å². The minimum absolute atomic E-state index is 0.0705. The molecule has 128 valence electrons. The van der Waals surface area contributed by atoms with Crippen molar-refractivity contribution in [3.63, 3.8) is 0 Å². The van der Waals surface area contributed by atoms with Crippen LogP contribution in [0, 0.1) is 10.1 Å². The van der Waals surface area contributed by atoms with Gasteiger partial charge in [0.05, 0.1) is 12.6 Å². The number of carbonyl (C=O) groups excluding carboxylic acids is 1. The first-order chi connectivity index (χ1) is 12.0. The van der Waals surface area contributed by atoms with Crippen molar-refractivity contribution < 1.29 is 14.1 Å². The predicted octanol–water partition coefficient (Wildman–Crippen LogP) is -0.245. The van der Waals surface area contributed by atoms with E-state index in [1.165, 1.54) is 35.5 Å². The second kappa shape index (κ2) is 6.74. The van der Waals surface area contributed by atoms with Gasteiger partial charge in [0, 0.05) is 12.6 Å². The molecule has 0 fully saturated rings. The molecule has 3 heterocycles. The largest absolute Gasteiger partial charge is 0.433 e. The lowest BCUT2D eigenvalue weighted by atomic mass is 10.4. The lowest BCUT2D eigenvalue weighted by molar-refractivity contribution is -0.402. The lowest BCUT2D eigenvalue weighted by Crippen LogP contribution is -2.32. The normalized spacial score (nSPS) is 10.6. The molecule has 0 aliphatic heterocycles. The molecule has 0 aromatic carbocycles. The minimum Gasteiger partial charge on any atom is -0.395 e. The maximum atomic E-state index is 11.9. The van der Waals surface area contributed by atoms with Crippen molar-refractivity contribution in [1.82, 2.24) is 29.9 Å². The quantitative estimate of drug-likeness (QED) is 0.474. The Hall–Kier alpha value is -3.83. The Morgan fingerprint density at radius 1 is 1.32 bits per heavy atom. The van der Waals surface area contributed by atoms with Crippen LogP contribution >= 0.6 is 0 Å². The summed E-state index contributed by atoms with van der Waals surface area (Å²) in [4.78, 5) is 37.2. The van der Waals surface area contributed by atoms with Crippen molar-refractivity contribution in [2.75, 3.05) is 6.54 Å². The Labute approximate surface area is 138 Å². The summed E-state index contributed by atoms with van der Waals surface area (Å²) in [5, 5.41) is 21.0. The van der Waals surface area contributed by atoms with E-state index in [4.69, 9.17) is 4.42 Å². The van der Waals surface area contributed by atoms with Gasteiger partial charge in [0.25, 0.3) is 11.5 Å². The van der Waals surface area contributed by atoms with Crippen LogP contribution in [0.2, 0.25) is 0 Å². The number of nitro groups is 1. The highest BCUT2D eigenvalue weighted by molar-refractivity contribution is 5.91. The smallest absolute Gasteiger partial charge is 0.395 e. The number of nitrogens with zero attached hydrogens (tertiary/aromatic N) is 6. The van der Waals surface area contributed by atoms with E-state index in [0.29, 0.717) is 5.82 Å². The van der Waals surface area contributed by atoms with Crippen LogP contribution in [0.1, 0.15) is 10.6 Å². The van der Waals surface area contributed by atoms with Gasteiger partial charge in [-0.2, -0.15) is 5.10 Å². The third-order valence-electron chi connectivity index (χ3n) is 3.11. The first-order valence-electron chi connectivity index (χ1n) is 7.00. The van der Waals surface area contributed by atoms with Gasteiger partial charge in [-0.15, -0.1) is 5.10 Å². The SMILES string of the molecule is O=C(NCCn1nc(-n2cncn2)ccc1=O)c1ccc([N+](=O)[O-])o1. The highest BCUT2D eigenvalue weighted by Gasteiger charge is 2.16. The summed E-state index contributed by atoms with van der Waals surface area (Å²) in [6.07, 6.45) is 2.77. The van der Waals surface area contributed by atoms with Gasteiger partial charge in [-0.3, -0.25) is 19.7 Å². The van der Waals surface area contributed by atoms with Crippen molar-refractivity contribution >= 4 is 11.8 Å². The molecule has 0 saturated carbocycles. The lowest BCUT2D eigenvalue weighted by Gasteiger charge is -2.07. The maximum Gasteiger partial charge on any atom is 0.433 e. The molecule has 12 heteroatoms. The Morgan fingerprint density at radius 2 is 2.16 bits per heavy atom. The van der Waals surface area contributed by atoms with Gasteiger partial charge >= 0.3 is 5.88 Å². The van der Waals surface area contributed by atoms with Crippen LogP contribution in [0.5, 0.6) is 0 Å². The molecule has 0 aliphatic rings. The molecule has 0 aliphatic carbocycles. The van der Waals surface area contributed by atoms with Gasteiger partial charge < -0.3 is 9.73 Å². The van der Waals surface area contributed by atoms with E-state index in [9.17, 15) is 19.7 Å². The molecule has 1 amide bonds. The highest BCUT2D eigenvalue weighted by Crippen LogP contribution is 2.15. The Morgan fingerprint density at radius 3 is 2.84 bits per heavy atom. The monoisotopic (exact) mass is 345 g/mol. The summed E-state index contributed by atoms with van der Waals surface area (Å²) in [6, 6.07) is 5.10. The molecule has 3 aromatic rings. The van der Waals surface area contributed by atoms with E-state index in [0.717, 1.165) is 10.7 Å². The van der Waals surface area contributed by atoms with E-state index in [-0.39, 0.29) is 24.4 Å². The third kappa shape index (κ3) is 3.57. The van der Waals surface area contributed by atoms with Gasteiger partial charge in [-0.1, -0.05) is 0 Å². The predicted molar refractivity (Wildman–Crippen MR) is 81.1 cm³/mol. The summed E-state index contributed by atoms with van der Waals surface area (Å²) in [5.74, 6) is -0.953. The average Bonchev–Trinajstić information content (AvgIpc) is 3.28. The molecule has 3 rings (SSSR count). The van der Waals surface area contributed by atoms with Crippen molar-refractivity contribution in [3.8, 4) is 5.82 Å². The second-order valence-corrected chi connectivity index (χ2v) is 4.74. The molecule has 0 atom stereocenters. The third-order valence-corrected chi connectivity index (χ3v) is 3.11. The Kier molecular flexibility index (Phi) is 4.32. The van der Waals surface area contributed by atoms with Gasteiger partial charge in [0.15, 0.2) is 11.6 Å². The number of nitrogens with one attached hydrogen (secondary N) is 1. The highest BCUT2D eigenvalue weighted by atomic mass is 16.6. The molecule has 1 N–H and O–H groups in total. The number of furan rings is 1. The number of hydrogen-bond donors (Lipinski definition) is 1.